The molecule has 139 heavy (non-hydrogen) atoms. The van der Waals surface area contributed by atoms with Crippen molar-refractivity contribution in [2.24, 2.45) is 0 Å². The fourth-order valence-electron chi connectivity index (χ4n) is 9.92. The van der Waals surface area contributed by atoms with E-state index in [4.69, 9.17) is 49.5 Å². The van der Waals surface area contributed by atoms with Crippen LogP contribution in [0.25, 0.3) is 0 Å². The normalized spacial score (nSPS) is 13.4. The Balaban J connectivity index is -0.000000213. The number of allylic oxidation sites excluding steroid dienone is 58. The molecule has 0 saturated heterocycles. The Morgan fingerprint density at radius 1 is 0.367 bits per heavy atom. The van der Waals surface area contributed by atoms with Crippen LogP contribution < -0.4 is 0 Å². The Kier molecular flexibility index (Phi) is 109. The number of hydrogen-bond donors (Lipinski definition) is 1. The first kappa shape index (κ1) is 148. The molecule has 1 unspecified atom stereocenters. The molecule has 12 nitrogen and oxygen atoms in total. The largest absolute Gasteiger partial charge is 0.501 e. The van der Waals surface area contributed by atoms with Crippen LogP contribution in [0.5, 0.6) is 0 Å². The zero-order valence-corrected chi connectivity index (χ0v) is 95.9. The molecule has 0 saturated carbocycles. The molecule has 0 aliphatic rings. The van der Waals surface area contributed by atoms with Crippen molar-refractivity contribution in [3.63, 3.8) is 0 Å². The number of terminal acetylenes is 2. The van der Waals surface area contributed by atoms with Crippen molar-refractivity contribution in [1.82, 2.24) is 0 Å². The van der Waals surface area contributed by atoms with Gasteiger partial charge in [-0.15, -0.1) is 25.0 Å². The van der Waals surface area contributed by atoms with Gasteiger partial charge in [0, 0.05) is 0 Å². The zero-order valence-electron chi connectivity index (χ0n) is 92.5. The molecule has 0 fully saturated rings. The third kappa shape index (κ3) is 121. The SMILES string of the molecule is C#C.C#CC(C)(O)/C=C/C=C(\C)CCC=C(C)C.CC(=O)/C=C/C=C(\C)CCC=C(C)C.CC(C)=CCC/C(C)=C/C=C/C(C)=C/C=C/C(C)=C/C=C/C=C(C)/C=C/C=C(C)/C=C/C=C(\C)CCC=C(C)C.CCOP(=O)(C/C=C(C)/C=C/C=C(\C)CCC=C(C)C)OCC.CCOP(=O)(C=C=C(C)/C=C/C=C(\C)CCC=C(C)C)OCC.CCOP(Cl)OCC.CO/C(C)=C/C=C/C=C(\C)C=O.[BH4-]. The van der Waals surface area contributed by atoms with Crippen molar-refractivity contribution in [1.29, 1.82) is 0 Å². The van der Waals surface area contributed by atoms with E-state index in [1.807, 2.05) is 115 Å². The van der Waals surface area contributed by atoms with E-state index in [1.165, 1.54) is 95.0 Å². The van der Waals surface area contributed by atoms with Crippen molar-refractivity contribution >= 4 is 54.6 Å². The standard InChI is InChI=1S/C40H56.C19H33O3P.C19H31O3P.C15H22O.C13H20O.C10H14O2.C4H10ClO2P.C2H2.BH4/c1-33(2)19-13-23-37(7)27-17-31-39(9)29-15-25-35(5)21-11-12-22-36(6)26-16-30-40(10)32-18-28-38(8)24-14-20-34(3)4;2*1-7-21-23(20,22-8-2)16-15-19(6)14-10-13-18(5)12-9-11-17(3)4;1-6-15(5,16)12-8-11-14(4)10-7-9-13(2)3;1-11(2)7-5-8-12(3)9-6-10-13(4)14;1-9(8-11)6-4-5-7-10(2)12-3;1-3-6-8(5)7-4-2;1-2;/h11-12,15-22,25-32H,13-14,23-24H2,1-10H3;10-11,13-15H,7-9,12,16H2,1-6H3;10-11,13-14,16H,7-9,12H2,1-6H3;1,8-9,11-12,16H,7,10H2,2-5H3;6-7,9-10H,5,8H2,1-4H3;4-8H,1-3H3;3-4H2,1-2H3;1-2H;1H4/q;;;;;;;;-1/b12-11+,25-15+,26-16+,31-17+,32-18+,35-21+,36-22+,37-27+,38-28+,39-29+,40-30+;14-10+,18-13+,19-15+;14-10+,18-13+;12-8+,14-11+;10-6+,12-9+;5-4+,9-6+,10-7+;;;. The van der Waals surface area contributed by atoms with E-state index >= 15 is 0 Å². The van der Waals surface area contributed by atoms with Crippen LogP contribution in [-0.4, -0.2) is 84.1 Å². The van der Waals surface area contributed by atoms with Crippen molar-refractivity contribution in [2.75, 3.05) is 52.9 Å². The molecule has 0 amide bonds. The number of rotatable bonds is 55. The summed E-state index contributed by atoms with van der Waals surface area (Å²) in [5.74, 6) is 4.64. The number of carbonyl (C=O) groups excluding carboxylic acids is 2. The van der Waals surface area contributed by atoms with Gasteiger partial charge in [-0.1, -0.05) is 328 Å². The van der Waals surface area contributed by atoms with Gasteiger partial charge >= 0.3 is 15.2 Å². The Morgan fingerprint density at radius 2 is 0.633 bits per heavy atom. The van der Waals surface area contributed by atoms with Gasteiger partial charge in [-0.25, -0.2) is 0 Å². The lowest BCUT2D eigenvalue weighted by molar-refractivity contribution is -0.112. The molecule has 17 heteroatoms. The molecule has 778 valence electrons. The summed E-state index contributed by atoms with van der Waals surface area (Å²) in [6.07, 6.45) is 107. The number of ketones is 1. The van der Waals surface area contributed by atoms with Gasteiger partial charge < -0.3 is 37.0 Å². The van der Waals surface area contributed by atoms with E-state index in [9.17, 15) is 23.8 Å². The molecule has 0 aromatic rings. The highest BCUT2D eigenvalue weighted by atomic mass is 35.7. The second kappa shape index (κ2) is 102. The summed E-state index contributed by atoms with van der Waals surface area (Å²) < 4.78 is 60.2. The van der Waals surface area contributed by atoms with E-state index in [0.717, 1.165) is 100 Å². The highest BCUT2D eigenvalue weighted by Crippen LogP contribution is 2.50. The highest BCUT2D eigenvalue weighted by Gasteiger charge is 2.22. The lowest BCUT2D eigenvalue weighted by Crippen LogP contribution is -2.16. The third-order valence-electron chi connectivity index (χ3n) is 17.7. The van der Waals surface area contributed by atoms with Crippen LogP contribution in [-0.2, 0) is 50.6 Å². The molecule has 0 aliphatic heterocycles. The van der Waals surface area contributed by atoms with E-state index in [2.05, 4.69) is 323 Å². The number of aliphatic hydroxyl groups is 1. The summed E-state index contributed by atoms with van der Waals surface area (Å²) in [5, 5.41) is 9.52. The van der Waals surface area contributed by atoms with Gasteiger partial charge in [-0.05, 0) is 353 Å². The predicted molar refractivity (Wildman–Crippen MR) is 627 cm³/mol. The first-order valence-electron chi connectivity index (χ1n) is 48.3. The van der Waals surface area contributed by atoms with E-state index in [-0.39, 0.29) is 14.2 Å². The van der Waals surface area contributed by atoms with Crippen LogP contribution in [0.15, 0.2) is 360 Å². The summed E-state index contributed by atoms with van der Waals surface area (Å²) in [6.45, 7) is 71.2. The molecule has 1 N–H and O–H groups in total. The summed E-state index contributed by atoms with van der Waals surface area (Å²) in [4.78, 5) is 20.7. The van der Waals surface area contributed by atoms with Gasteiger partial charge in [-0.2, -0.15) is 0 Å². The van der Waals surface area contributed by atoms with Gasteiger partial charge in [0.2, 0.25) is 0 Å². The molecule has 0 radical (unpaired) electrons. The summed E-state index contributed by atoms with van der Waals surface area (Å²) in [5.41, 5.74) is 25.6. The first-order valence-corrected chi connectivity index (χ1v) is 53.7. The Morgan fingerprint density at radius 3 is 0.906 bits per heavy atom. The van der Waals surface area contributed by atoms with Crippen LogP contribution in [0.4, 0.5) is 0 Å². The second-order valence-corrected chi connectivity index (χ2v) is 39.9. The summed E-state index contributed by atoms with van der Waals surface area (Å²) in [7, 11) is -5.63. The molecular formula is C122H192BClO12P3-. The van der Waals surface area contributed by atoms with Crippen molar-refractivity contribution in [3.8, 4) is 25.2 Å². The third-order valence-corrected chi connectivity index (χ3v) is 22.8. The number of halogens is 1. The topological polar surface area (TPSA) is 153 Å². The van der Waals surface area contributed by atoms with E-state index in [1.54, 1.807) is 66.0 Å². The van der Waals surface area contributed by atoms with Crippen molar-refractivity contribution in [3.05, 3.63) is 360 Å². The minimum atomic E-state index is -3.16. The van der Waals surface area contributed by atoms with Crippen LogP contribution in [0.2, 0.25) is 0 Å². The summed E-state index contributed by atoms with van der Waals surface area (Å²) in [6, 6.07) is 0. The van der Waals surface area contributed by atoms with Gasteiger partial charge in [0.05, 0.1) is 64.5 Å². The maximum Gasteiger partial charge on any atom is 0.361 e. The maximum absolute atomic E-state index is 12.3. The number of carbonyl (C=O) groups is 2. The Hall–Kier alpha value is -8.80. The number of ether oxygens (including phenoxy) is 1. The Bertz CT molecular complexity index is 4460. The molecule has 0 spiro atoms. The highest BCUT2D eigenvalue weighted by molar-refractivity contribution is 7.76. The number of aldehydes is 1. The van der Waals surface area contributed by atoms with Crippen LogP contribution >= 0.6 is 34.2 Å². The molecule has 0 bridgehead atoms. The molecule has 0 heterocycles. The molecule has 0 aliphatic carbocycles. The monoisotopic (exact) mass is 1990 g/mol. The number of hydrogen-bond acceptors (Lipinski definition) is 12. The lowest BCUT2D eigenvalue weighted by atomic mass is 10.1. The van der Waals surface area contributed by atoms with Crippen LogP contribution in [0, 0.1) is 25.2 Å². The van der Waals surface area contributed by atoms with Gasteiger partial charge in [0.1, 0.15) is 11.9 Å². The fourth-order valence-corrected chi connectivity index (χ4v) is 13.9. The minimum Gasteiger partial charge on any atom is -0.501 e. The summed E-state index contributed by atoms with van der Waals surface area (Å²) >= 11 is 5.50. The average Bonchev–Trinajstić information content (AvgIpc) is 0.899. The molecule has 0 rings (SSSR count). The van der Waals surface area contributed by atoms with Crippen LogP contribution in [0.3, 0.4) is 0 Å². The van der Waals surface area contributed by atoms with Gasteiger partial charge in [0.15, 0.2) is 5.78 Å². The lowest BCUT2D eigenvalue weighted by Gasteiger charge is -2.15. The molecular weight excluding hydrogens is 1800 g/mol. The van der Waals surface area contributed by atoms with Crippen molar-refractivity contribution in [2.45, 2.75) is 318 Å². The first-order chi connectivity index (χ1) is 65.0. The quantitative estimate of drug-likeness (QED) is 0.00710. The van der Waals surface area contributed by atoms with Gasteiger partial charge in [0.25, 0.3) is 7.73 Å². The van der Waals surface area contributed by atoms with E-state index < -0.39 is 28.5 Å². The Labute approximate surface area is 860 Å². The second-order valence-electron chi connectivity index (χ2n) is 34.2. The van der Waals surface area contributed by atoms with Crippen molar-refractivity contribution < 1.29 is 55.7 Å². The minimum absolute atomic E-state index is 0. The zero-order chi connectivity index (χ0) is 107. The molecule has 0 aromatic heterocycles. The van der Waals surface area contributed by atoms with Crippen LogP contribution in [0.1, 0.15) is 312 Å². The molecule has 1 atom stereocenters. The van der Waals surface area contributed by atoms with E-state index in [0.29, 0.717) is 51.4 Å². The maximum atomic E-state index is 12.3. The van der Waals surface area contributed by atoms with Gasteiger partial charge in [-0.3, -0.25) is 18.7 Å². The average molecular weight is 1990 g/mol. The predicted octanol–water partition coefficient (Wildman–Crippen LogP) is 37.0. The smallest absolute Gasteiger partial charge is 0.361 e. The number of methoxy groups -OCH3 is 1. The fraction of sp³-hybridized carbons (Fsp3) is 0.451. The molecule has 0 aromatic carbocycles.